The number of benzene rings is 3. The molecule has 0 bridgehead atoms. The quantitative estimate of drug-likeness (QED) is 0.186. The second kappa shape index (κ2) is 14.1. The van der Waals surface area contributed by atoms with Crippen LogP contribution in [0.2, 0.25) is 10.0 Å². The number of hydrogen-bond acceptors (Lipinski definition) is 7. The third-order valence-corrected chi connectivity index (χ3v) is 6.69. The van der Waals surface area contributed by atoms with Crippen LogP contribution in [0.5, 0.6) is 23.0 Å². The highest BCUT2D eigenvalue weighted by Gasteiger charge is 2.36. The molecule has 0 unspecified atom stereocenters. The lowest BCUT2D eigenvalue weighted by molar-refractivity contribution is -0.130. The number of imide groups is 2. The Hall–Kier alpha value is -4.21. The molecule has 4 rings (SSSR count). The van der Waals surface area contributed by atoms with Crippen molar-refractivity contribution in [1.82, 2.24) is 10.2 Å². The summed E-state index contributed by atoms with van der Waals surface area (Å²) in [4.78, 5) is 39.7. The second-order valence-electron chi connectivity index (χ2n) is 9.22. The lowest BCUT2D eigenvalue weighted by Gasteiger charge is -2.26. The molecular weight excluding hydrogens is 583 g/mol. The number of amides is 4. The van der Waals surface area contributed by atoms with Crippen molar-refractivity contribution in [3.8, 4) is 23.0 Å². The number of carbonyl (C=O) groups is 3. The Bertz CT molecular complexity index is 1510. The fourth-order valence-electron chi connectivity index (χ4n) is 4.14. The summed E-state index contributed by atoms with van der Waals surface area (Å²) in [7, 11) is 1.51. The van der Waals surface area contributed by atoms with Crippen molar-refractivity contribution >= 4 is 47.1 Å². The summed E-state index contributed by atoms with van der Waals surface area (Å²) in [6, 6.07) is 14.6. The molecule has 1 saturated heterocycles. The van der Waals surface area contributed by atoms with E-state index >= 15 is 0 Å². The van der Waals surface area contributed by atoms with E-state index in [0.717, 1.165) is 16.9 Å². The van der Waals surface area contributed by atoms with Crippen LogP contribution in [-0.4, -0.2) is 43.1 Å². The number of rotatable bonds is 12. The number of hydrogen-bond donors (Lipinski definition) is 1. The number of halogens is 2. The minimum absolute atomic E-state index is 0.0951. The van der Waals surface area contributed by atoms with Gasteiger partial charge in [0.15, 0.2) is 23.0 Å². The Morgan fingerprint density at radius 1 is 0.857 bits per heavy atom. The summed E-state index contributed by atoms with van der Waals surface area (Å²) in [6.07, 6.45) is 2.18. The Balaban J connectivity index is 1.58. The molecule has 11 heteroatoms. The molecular formula is C31H30Cl2N2O7. The van der Waals surface area contributed by atoms with Gasteiger partial charge in [-0.25, -0.2) is 4.79 Å². The molecule has 1 fully saturated rings. The molecule has 0 aromatic heterocycles. The standard InChI is InChI=1S/C31H30Cl2N2O7/c1-4-12-41-25-11-8-20(15-26(25)39-3)17-35-30(37)23(29(36)34-31(35)38)13-21-14-24(33)28(27(16-21)40-5-2)42-18-19-6-9-22(32)10-7-19/h6-11,13-16H,4-5,12,17-18H2,1-3H3,(H,34,36,38)/b23-13+. The van der Waals surface area contributed by atoms with Crippen molar-refractivity contribution in [3.63, 3.8) is 0 Å². The SMILES string of the molecule is CCCOc1ccc(CN2C(=O)NC(=O)/C(=C\c3cc(Cl)c(OCc4ccc(Cl)cc4)c(OCC)c3)C2=O)cc1OC. The van der Waals surface area contributed by atoms with Crippen LogP contribution in [0.1, 0.15) is 37.0 Å². The molecule has 42 heavy (non-hydrogen) atoms. The number of urea groups is 1. The highest BCUT2D eigenvalue weighted by molar-refractivity contribution is 6.33. The predicted molar refractivity (Wildman–Crippen MR) is 159 cm³/mol. The summed E-state index contributed by atoms with van der Waals surface area (Å²) >= 11 is 12.5. The third-order valence-electron chi connectivity index (χ3n) is 6.16. The van der Waals surface area contributed by atoms with Crippen LogP contribution in [0, 0.1) is 0 Å². The van der Waals surface area contributed by atoms with Crippen molar-refractivity contribution in [3.05, 3.63) is 86.9 Å². The Labute approximate surface area is 253 Å². The molecule has 9 nitrogen and oxygen atoms in total. The number of methoxy groups -OCH3 is 1. The number of barbiturate groups is 1. The highest BCUT2D eigenvalue weighted by atomic mass is 35.5. The van der Waals surface area contributed by atoms with E-state index in [0.29, 0.717) is 52.4 Å². The molecule has 0 spiro atoms. The van der Waals surface area contributed by atoms with Crippen LogP contribution >= 0.6 is 23.2 Å². The van der Waals surface area contributed by atoms with Gasteiger partial charge in [-0.15, -0.1) is 0 Å². The lowest BCUT2D eigenvalue weighted by Crippen LogP contribution is -2.53. The maximum Gasteiger partial charge on any atom is 0.331 e. The van der Waals surface area contributed by atoms with Crippen LogP contribution in [0.25, 0.3) is 6.08 Å². The molecule has 0 saturated carbocycles. The first-order chi connectivity index (χ1) is 20.2. The van der Waals surface area contributed by atoms with Gasteiger partial charge in [0.2, 0.25) is 0 Å². The van der Waals surface area contributed by atoms with Crippen molar-refractivity contribution in [2.75, 3.05) is 20.3 Å². The van der Waals surface area contributed by atoms with E-state index in [1.165, 1.54) is 13.2 Å². The van der Waals surface area contributed by atoms with Gasteiger partial charge in [0.05, 0.1) is 31.9 Å². The first-order valence-corrected chi connectivity index (χ1v) is 14.0. The van der Waals surface area contributed by atoms with Gasteiger partial charge in [0, 0.05) is 5.02 Å². The summed E-state index contributed by atoms with van der Waals surface area (Å²) < 4.78 is 22.8. The van der Waals surface area contributed by atoms with E-state index in [2.05, 4.69) is 5.32 Å². The monoisotopic (exact) mass is 612 g/mol. The zero-order valence-corrected chi connectivity index (χ0v) is 24.9. The van der Waals surface area contributed by atoms with Crippen LogP contribution in [0.4, 0.5) is 4.79 Å². The van der Waals surface area contributed by atoms with E-state index in [-0.39, 0.29) is 23.7 Å². The number of carbonyl (C=O) groups excluding carboxylic acids is 3. The maximum atomic E-state index is 13.4. The van der Waals surface area contributed by atoms with Gasteiger partial charge in [-0.1, -0.05) is 48.3 Å². The molecule has 0 radical (unpaired) electrons. The molecule has 3 aromatic carbocycles. The van der Waals surface area contributed by atoms with Gasteiger partial charge < -0.3 is 18.9 Å². The molecule has 1 aliphatic heterocycles. The zero-order chi connectivity index (χ0) is 30.2. The van der Waals surface area contributed by atoms with Gasteiger partial charge in [-0.2, -0.15) is 0 Å². The molecule has 1 N–H and O–H groups in total. The zero-order valence-electron chi connectivity index (χ0n) is 23.4. The summed E-state index contributed by atoms with van der Waals surface area (Å²) in [5.74, 6) is 0.0856. The van der Waals surface area contributed by atoms with Crippen molar-refractivity contribution in [2.24, 2.45) is 0 Å². The van der Waals surface area contributed by atoms with Crippen molar-refractivity contribution in [1.29, 1.82) is 0 Å². The second-order valence-corrected chi connectivity index (χ2v) is 10.1. The van der Waals surface area contributed by atoms with Crippen LogP contribution in [0.3, 0.4) is 0 Å². The van der Waals surface area contributed by atoms with E-state index in [1.54, 1.807) is 49.4 Å². The van der Waals surface area contributed by atoms with Crippen LogP contribution in [0.15, 0.2) is 60.2 Å². The molecule has 0 aliphatic carbocycles. The molecule has 3 aromatic rings. The summed E-state index contributed by atoms with van der Waals surface area (Å²) in [5.41, 5.74) is 1.66. The lowest BCUT2D eigenvalue weighted by atomic mass is 10.1. The maximum absolute atomic E-state index is 13.4. The Morgan fingerprint density at radius 2 is 1.60 bits per heavy atom. The minimum atomic E-state index is -0.827. The number of ether oxygens (including phenoxy) is 4. The first kappa shape index (κ1) is 30.7. The number of nitrogens with one attached hydrogen (secondary N) is 1. The van der Waals surface area contributed by atoms with Gasteiger partial charge >= 0.3 is 6.03 Å². The fraction of sp³-hybridized carbons (Fsp3) is 0.258. The van der Waals surface area contributed by atoms with Crippen LogP contribution < -0.4 is 24.3 Å². The average Bonchev–Trinajstić information content (AvgIpc) is 2.97. The summed E-state index contributed by atoms with van der Waals surface area (Å²) in [5, 5.41) is 3.06. The predicted octanol–water partition coefficient (Wildman–Crippen LogP) is 6.43. The first-order valence-electron chi connectivity index (χ1n) is 13.3. The van der Waals surface area contributed by atoms with Gasteiger partial charge in [-0.3, -0.25) is 19.8 Å². The number of nitrogens with zero attached hydrogens (tertiary/aromatic N) is 1. The summed E-state index contributed by atoms with van der Waals surface area (Å²) in [6.45, 7) is 4.75. The Morgan fingerprint density at radius 3 is 2.29 bits per heavy atom. The molecule has 1 heterocycles. The highest BCUT2D eigenvalue weighted by Crippen LogP contribution is 2.38. The van der Waals surface area contributed by atoms with Gasteiger partial charge in [0.25, 0.3) is 11.8 Å². The Kier molecular flexibility index (Phi) is 10.3. The molecule has 0 atom stereocenters. The topological polar surface area (TPSA) is 103 Å². The normalized spacial score (nSPS) is 14.2. The largest absolute Gasteiger partial charge is 0.493 e. The van der Waals surface area contributed by atoms with E-state index in [4.69, 9.17) is 42.1 Å². The molecule has 4 amide bonds. The van der Waals surface area contributed by atoms with Crippen molar-refractivity contribution < 1.29 is 33.3 Å². The van der Waals surface area contributed by atoms with Crippen molar-refractivity contribution in [2.45, 2.75) is 33.4 Å². The average molecular weight is 613 g/mol. The molecule has 1 aliphatic rings. The molecule has 220 valence electrons. The van der Waals surface area contributed by atoms with E-state index < -0.39 is 17.8 Å². The smallest absolute Gasteiger partial charge is 0.331 e. The van der Waals surface area contributed by atoms with Gasteiger partial charge in [-0.05, 0) is 72.5 Å². The van der Waals surface area contributed by atoms with Crippen LogP contribution in [-0.2, 0) is 22.7 Å². The fourth-order valence-corrected chi connectivity index (χ4v) is 4.54. The minimum Gasteiger partial charge on any atom is -0.493 e. The third kappa shape index (κ3) is 7.35. The van der Waals surface area contributed by atoms with E-state index in [9.17, 15) is 14.4 Å². The van der Waals surface area contributed by atoms with Gasteiger partial charge in [0.1, 0.15) is 12.2 Å². The van der Waals surface area contributed by atoms with E-state index in [1.807, 2.05) is 19.1 Å².